The topological polar surface area (TPSA) is 127 Å². The molecule has 0 radical (unpaired) electrons. The van der Waals surface area contributed by atoms with Gasteiger partial charge in [0.2, 0.25) is 0 Å². The van der Waals surface area contributed by atoms with E-state index >= 15 is 0 Å². The van der Waals surface area contributed by atoms with Gasteiger partial charge in [-0.05, 0) is 12.8 Å². The molecule has 0 aromatic carbocycles. The van der Waals surface area contributed by atoms with Crippen molar-refractivity contribution in [2.75, 3.05) is 23.0 Å². The molecule has 0 bridgehead atoms. The molecule has 0 rings (SSSR count). The largest absolute Gasteiger partial charge is 0.327 e. The van der Waals surface area contributed by atoms with Gasteiger partial charge >= 0.3 is 0 Å². The maximum absolute atomic E-state index is 10.4. The highest BCUT2D eigenvalue weighted by Crippen LogP contribution is 2.23. The van der Waals surface area contributed by atoms with Crippen molar-refractivity contribution in [3.63, 3.8) is 0 Å². The molecular formula is C8H20N2O4S4. The number of rotatable bonds is 11. The van der Waals surface area contributed by atoms with Gasteiger partial charge in [0, 0.05) is 23.6 Å². The Balaban J connectivity index is 3.43. The van der Waals surface area contributed by atoms with Crippen LogP contribution < -0.4 is 11.5 Å². The van der Waals surface area contributed by atoms with Crippen molar-refractivity contribution in [1.29, 1.82) is 0 Å². The molecule has 2 unspecified atom stereocenters. The first-order valence-electron chi connectivity index (χ1n) is 5.32. The molecule has 0 saturated carbocycles. The van der Waals surface area contributed by atoms with E-state index in [0.717, 1.165) is 0 Å². The maximum Gasteiger partial charge on any atom is 0.152 e. The minimum absolute atomic E-state index is 0.0974. The lowest BCUT2D eigenvalue weighted by Gasteiger charge is -2.11. The number of hydrogen-bond acceptors (Lipinski definition) is 6. The zero-order valence-corrected chi connectivity index (χ0v) is 13.2. The van der Waals surface area contributed by atoms with Crippen molar-refractivity contribution in [2.45, 2.75) is 24.9 Å². The molecule has 0 aliphatic rings. The van der Waals surface area contributed by atoms with Crippen LogP contribution in [0.4, 0.5) is 0 Å². The van der Waals surface area contributed by atoms with Crippen molar-refractivity contribution in [3.05, 3.63) is 0 Å². The third kappa shape index (κ3) is 13.3. The monoisotopic (exact) mass is 336 g/mol. The number of hydrogen-bond donors (Lipinski definition) is 4. The van der Waals surface area contributed by atoms with E-state index in [1.54, 1.807) is 21.6 Å². The second-order valence-corrected chi connectivity index (χ2v) is 8.37. The van der Waals surface area contributed by atoms with Crippen LogP contribution in [0.1, 0.15) is 12.8 Å². The summed E-state index contributed by atoms with van der Waals surface area (Å²) in [6.45, 7) is 0. The smallest absolute Gasteiger partial charge is 0.152 e. The minimum Gasteiger partial charge on any atom is -0.327 e. The van der Waals surface area contributed by atoms with Crippen LogP contribution in [-0.2, 0) is 22.2 Å². The minimum atomic E-state index is -1.78. The summed E-state index contributed by atoms with van der Waals surface area (Å²) in [5.41, 5.74) is 11.5. The zero-order chi connectivity index (χ0) is 14.0. The van der Waals surface area contributed by atoms with E-state index < -0.39 is 22.2 Å². The van der Waals surface area contributed by atoms with Crippen LogP contribution in [0.2, 0.25) is 0 Å². The Hall–Kier alpha value is 0.840. The molecule has 6 nitrogen and oxygen atoms in total. The van der Waals surface area contributed by atoms with Crippen molar-refractivity contribution < 1.29 is 17.5 Å². The van der Waals surface area contributed by atoms with Gasteiger partial charge in [-0.2, -0.15) is 0 Å². The van der Waals surface area contributed by atoms with Crippen molar-refractivity contribution in [1.82, 2.24) is 0 Å². The van der Waals surface area contributed by atoms with E-state index in [9.17, 15) is 8.42 Å². The van der Waals surface area contributed by atoms with E-state index in [2.05, 4.69) is 0 Å². The predicted octanol–water partition coefficient (Wildman–Crippen LogP) is 0.246. The molecule has 110 valence electrons. The standard InChI is InChI=1S/C8H20N2O4S4/c9-7(1-3-17(11)12)5-15-16-6-8(10)2-4-18(13)14/h7-8H,1-6,9-10H2,(H,11,12)(H,13,14)/t7-,8-/m0/s1. The summed E-state index contributed by atoms with van der Waals surface area (Å²) in [5, 5.41) is 0. The first-order valence-corrected chi connectivity index (χ1v) is 10.4. The van der Waals surface area contributed by atoms with Gasteiger partial charge in [0.1, 0.15) is 0 Å². The van der Waals surface area contributed by atoms with Crippen LogP contribution in [0, 0.1) is 0 Å². The molecule has 0 fully saturated rings. The highest BCUT2D eigenvalue weighted by atomic mass is 33.1. The van der Waals surface area contributed by atoms with Gasteiger partial charge in [0.25, 0.3) is 0 Å². The van der Waals surface area contributed by atoms with E-state index in [4.69, 9.17) is 20.6 Å². The molecule has 0 heterocycles. The van der Waals surface area contributed by atoms with Crippen LogP contribution in [0.5, 0.6) is 0 Å². The highest BCUT2D eigenvalue weighted by molar-refractivity contribution is 8.76. The molecule has 0 spiro atoms. The zero-order valence-electron chi connectivity index (χ0n) is 9.90. The summed E-state index contributed by atoms with van der Waals surface area (Å²) < 4.78 is 38.0. The highest BCUT2D eigenvalue weighted by Gasteiger charge is 2.08. The Morgan fingerprint density at radius 3 is 1.50 bits per heavy atom. The molecule has 18 heavy (non-hydrogen) atoms. The van der Waals surface area contributed by atoms with E-state index in [1.807, 2.05) is 0 Å². The van der Waals surface area contributed by atoms with Gasteiger partial charge in [-0.25, -0.2) is 8.42 Å². The molecule has 4 atom stereocenters. The maximum atomic E-state index is 10.4. The van der Waals surface area contributed by atoms with Crippen molar-refractivity contribution in [3.8, 4) is 0 Å². The van der Waals surface area contributed by atoms with Crippen molar-refractivity contribution >= 4 is 43.7 Å². The average Bonchev–Trinajstić information content (AvgIpc) is 2.29. The first kappa shape index (κ1) is 18.8. The van der Waals surface area contributed by atoms with E-state index in [1.165, 1.54) is 0 Å². The fourth-order valence-corrected chi connectivity index (χ4v) is 4.45. The van der Waals surface area contributed by atoms with Gasteiger partial charge in [0.05, 0.1) is 11.5 Å². The molecular weight excluding hydrogens is 316 g/mol. The quantitative estimate of drug-likeness (QED) is 0.240. The van der Waals surface area contributed by atoms with Crippen LogP contribution in [0.3, 0.4) is 0 Å². The van der Waals surface area contributed by atoms with Crippen LogP contribution in [-0.4, -0.2) is 52.6 Å². The second-order valence-electron chi connectivity index (χ2n) is 3.72. The number of nitrogens with two attached hydrogens (primary N) is 2. The Labute approximate surface area is 120 Å². The van der Waals surface area contributed by atoms with Crippen LogP contribution in [0.25, 0.3) is 0 Å². The fourth-order valence-electron chi connectivity index (χ4n) is 0.942. The summed E-state index contributed by atoms with van der Waals surface area (Å²) in [7, 11) is 3.14. The predicted molar refractivity (Wildman–Crippen MR) is 81.4 cm³/mol. The molecule has 0 aliphatic heterocycles. The SMILES string of the molecule is N[C@@H](CCS(=O)O)CSSC[C@@H](N)CCS(=O)O. The first-order chi connectivity index (χ1) is 8.41. The molecule has 0 aromatic heterocycles. The Morgan fingerprint density at radius 1 is 0.889 bits per heavy atom. The summed E-state index contributed by atoms with van der Waals surface area (Å²) in [5.74, 6) is 1.80. The molecule has 0 aliphatic carbocycles. The molecule has 10 heteroatoms. The second kappa shape index (κ2) is 11.6. The summed E-state index contributed by atoms with van der Waals surface area (Å²) in [6, 6.07) is -0.195. The van der Waals surface area contributed by atoms with E-state index in [0.29, 0.717) is 24.3 Å². The molecule has 0 saturated heterocycles. The summed E-state index contributed by atoms with van der Waals surface area (Å²) in [6.07, 6.45) is 1.04. The Morgan fingerprint density at radius 2 is 1.22 bits per heavy atom. The van der Waals surface area contributed by atoms with Crippen molar-refractivity contribution in [2.24, 2.45) is 11.5 Å². The lowest BCUT2D eigenvalue weighted by Crippen LogP contribution is -2.26. The molecule has 0 aromatic rings. The van der Waals surface area contributed by atoms with E-state index in [-0.39, 0.29) is 23.6 Å². The Bertz CT molecular complexity index is 243. The summed E-state index contributed by atoms with van der Waals surface area (Å²) >= 11 is -3.55. The van der Waals surface area contributed by atoms with Gasteiger partial charge in [-0.1, -0.05) is 21.6 Å². The lowest BCUT2D eigenvalue weighted by molar-refractivity contribution is 0.556. The van der Waals surface area contributed by atoms with Gasteiger partial charge < -0.3 is 20.6 Å². The third-order valence-corrected chi connectivity index (χ3v) is 5.76. The third-order valence-electron chi connectivity index (χ3n) is 1.97. The Kier molecular flexibility index (Phi) is 12.2. The fraction of sp³-hybridized carbons (Fsp3) is 1.00. The van der Waals surface area contributed by atoms with Crippen LogP contribution >= 0.6 is 21.6 Å². The van der Waals surface area contributed by atoms with Crippen LogP contribution in [0.15, 0.2) is 0 Å². The normalized spacial score (nSPS) is 18.2. The van der Waals surface area contributed by atoms with Gasteiger partial charge in [0.15, 0.2) is 22.2 Å². The average molecular weight is 337 g/mol. The van der Waals surface area contributed by atoms with Gasteiger partial charge in [-0.3, -0.25) is 0 Å². The lowest BCUT2D eigenvalue weighted by atomic mass is 10.3. The summed E-state index contributed by atoms with van der Waals surface area (Å²) in [4.78, 5) is 0. The molecule has 0 amide bonds. The molecule has 6 N–H and O–H groups in total. The van der Waals surface area contributed by atoms with Gasteiger partial charge in [-0.15, -0.1) is 0 Å².